The van der Waals surface area contributed by atoms with E-state index in [1.54, 1.807) is 0 Å². The number of benzene rings is 1. The molecule has 3 rings (SSSR count). The van der Waals surface area contributed by atoms with Crippen LogP contribution in [0.1, 0.15) is 16.7 Å². The third kappa shape index (κ3) is 2.99. The van der Waals surface area contributed by atoms with Crippen LogP contribution in [0, 0.1) is 13.8 Å². The van der Waals surface area contributed by atoms with Gasteiger partial charge in [0.1, 0.15) is 0 Å². The Labute approximate surface area is 116 Å². The van der Waals surface area contributed by atoms with Crippen molar-refractivity contribution in [3.63, 3.8) is 0 Å². The van der Waals surface area contributed by atoms with Gasteiger partial charge in [0, 0.05) is 51.9 Å². The predicted octanol–water partition coefficient (Wildman–Crippen LogP) is 1.39. The molecule has 2 saturated heterocycles. The van der Waals surface area contributed by atoms with E-state index in [0.29, 0.717) is 0 Å². The topological polar surface area (TPSA) is 18.5 Å². The minimum Gasteiger partial charge on any atom is -0.314 e. The predicted molar refractivity (Wildman–Crippen MR) is 79.4 cm³/mol. The average Bonchev–Trinajstić information content (AvgIpc) is 2.36. The van der Waals surface area contributed by atoms with Gasteiger partial charge in [-0.3, -0.25) is 9.80 Å². The van der Waals surface area contributed by atoms with E-state index >= 15 is 0 Å². The monoisotopic (exact) mass is 259 g/mol. The quantitative estimate of drug-likeness (QED) is 0.885. The van der Waals surface area contributed by atoms with Crippen molar-refractivity contribution in [1.29, 1.82) is 0 Å². The van der Waals surface area contributed by atoms with E-state index < -0.39 is 0 Å². The highest BCUT2D eigenvalue weighted by Crippen LogP contribution is 2.20. The van der Waals surface area contributed by atoms with Crippen molar-refractivity contribution < 1.29 is 0 Å². The van der Waals surface area contributed by atoms with Gasteiger partial charge >= 0.3 is 0 Å². The number of nitrogens with one attached hydrogen (secondary N) is 1. The van der Waals surface area contributed by atoms with Crippen molar-refractivity contribution in [2.75, 3.05) is 39.3 Å². The number of hydrogen-bond donors (Lipinski definition) is 1. The number of likely N-dealkylation sites (tertiary alicyclic amines) is 1. The van der Waals surface area contributed by atoms with Gasteiger partial charge in [0.15, 0.2) is 0 Å². The van der Waals surface area contributed by atoms with E-state index in [4.69, 9.17) is 0 Å². The van der Waals surface area contributed by atoms with Crippen LogP contribution in [-0.2, 0) is 6.54 Å². The lowest BCUT2D eigenvalue weighted by molar-refractivity contribution is 0.0222. The van der Waals surface area contributed by atoms with E-state index in [-0.39, 0.29) is 0 Å². The molecule has 2 aliphatic rings. The molecule has 2 aliphatic heterocycles. The highest BCUT2D eigenvalue weighted by atomic mass is 15.3. The van der Waals surface area contributed by atoms with Gasteiger partial charge in [-0.15, -0.1) is 0 Å². The molecule has 0 unspecified atom stereocenters. The summed E-state index contributed by atoms with van der Waals surface area (Å²) < 4.78 is 0. The van der Waals surface area contributed by atoms with E-state index in [0.717, 1.165) is 25.7 Å². The fourth-order valence-electron chi connectivity index (χ4n) is 3.21. The average molecular weight is 259 g/mol. The van der Waals surface area contributed by atoms with Crippen LogP contribution in [-0.4, -0.2) is 55.1 Å². The van der Waals surface area contributed by atoms with Crippen LogP contribution >= 0.6 is 0 Å². The molecule has 0 radical (unpaired) electrons. The minimum absolute atomic E-state index is 0.799. The van der Waals surface area contributed by atoms with Crippen molar-refractivity contribution in [2.45, 2.75) is 26.4 Å². The van der Waals surface area contributed by atoms with E-state index in [9.17, 15) is 0 Å². The maximum absolute atomic E-state index is 3.43. The highest BCUT2D eigenvalue weighted by molar-refractivity contribution is 5.30. The second kappa shape index (κ2) is 5.61. The maximum atomic E-state index is 3.43. The SMILES string of the molecule is Cc1ccc(CN2CC(N3CCNCC3)C2)c(C)c1. The second-order valence-electron chi connectivity index (χ2n) is 6.06. The van der Waals surface area contributed by atoms with Crippen molar-refractivity contribution in [3.8, 4) is 0 Å². The van der Waals surface area contributed by atoms with Crippen LogP contribution in [0.15, 0.2) is 18.2 Å². The third-order valence-electron chi connectivity index (χ3n) is 4.50. The molecule has 0 saturated carbocycles. The lowest BCUT2D eigenvalue weighted by Crippen LogP contribution is -2.62. The zero-order chi connectivity index (χ0) is 13.2. The first-order chi connectivity index (χ1) is 9.22. The molecule has 0 spiro atoms. The van der Waals surface area contributed by atoms with Gasteiger partial charge in [0.25, 0.3) is 0 Å². The van der Waals surface area contributed by atoms with Crippen LogP contribution < -0.4 is 5.32 Å². The molecule has 3 nitrogen and oxygen atoms in total. The van der Waals surface area contributed by atoms with Gasteiger partial charge in [-0.1, -0.05) is 23.8 Å². The molecule has 104 valence electrons. The van der Waals surface area contributed by atoms with Crippen molar-refractivity contribution >= 4 is 0 Å². The minimum atomic E-state index is 0.799. The Morgan fingerprint density at radius 1 is 1.16 bits per heavy atom. The Bertz CT molecular complexity index is 432. The first-order valence-electron chi connectivity index (χ1n) is 7.45. The van der Waals surface area contributed by atoms with E-state index in [2.05, 4.69) is 47.2 Å². The first-order valence-corrected chi connectivity index (χ1v) is 7.45. The normalized spacial score (nSPS) is 22.4. The molecule has 0 aromatic heterocycles. The van der Waals surface area contributed by atoms with Crippen LogP contribution in [0.2, 0.25) is 0 Å². The lowest BCUT2D eigenvalue weighted by Gasteiger charge is -2.47. The molecular weight excluding hydrogens is 234 g/mol. The van der Waals surface area contributed by atoms with Crippen molar-refractivity contribution in [1.82, 2.24) is 15.1 Å². The zero-order valence-electron chi connectivity index (χ0n) is 12.2. The molecule has 3 heteroatoms. The molecule has 0 amide bonds. The summed E-state index contributed by atoms with van der Waals surface area (Å²) in [6.07, 6.45) is 0. The molecule has 2 heterocycles. The lowest BCUT2D eigenvalue weighted by atomic mass is 10.0. The van der Waals surface area contributed by atoms with Gasteiger partial charge in [0.05, 0.1) is 0 Å². The Morgan fingerprint density at radius 2 is 1.89 bits per heavy atom. The summed E-state index contributed by atoms with van der Waals surface area (Å²) in [7, 11) is 0. The molecular formula is C16H25N3. The largest absolute Gasteiger partial charge is 0.314 e. The maximum Gasteiger partial charge on any atom is 0.0351 e. The van der Waals surface area contributed by atoms with E-state index in [1.165, 1.54) is 42.9 Å². The number of hydrogen-bond acceptors (Lipinski definition) is 3. The van der Waals surface area contributed by atoms with Crippen LogP contribution in [0.25, 0.3) is 0 Å². The van der Waals surface area contributed by atoms with Gasteiger partial charge in [-0.25, -0.2) is 0 Å². The van der Waals surface area contributed by atoms with Crippen LogP contribution in [0.3, 0.4) is 0 Å². The van der Waals surface area contributed by atoms with E-state index in [1.807, 2.05) is 0 Å². The number of piperazine rings is 1. The fraction of sp³-hybridized carbons (Fsp3) is 0.625. The van der Waals surface area contributed by atoms with Crippen LogP contribution in [0.5, 0.6) is 0 Å². The summed E-state index contributed by atoms with van der Waals surface area (Å²) in [4.78, 5) is 5.22. The Balaban J connectivity index is 1.50. The van der Waals surface area contributed by atoms with Crippen molar-refractivity contribution in [2.24, 2.45) is 0 Å². The molecule has 1 N–H and O–H groups in total. The Kier molecular flexibility index (Phi) is 3.87. The summed E-state index contributed by atoms with van der Waals surface area (Å²) >= 11 is 0. The molecule has 0 bridgehead atoms. The number of aryl methyl sites for hydroxylation is 2. The molecule has 1 aromatic rings. The van der Waals surface area contributed by atoms with Gasteiger partial charge in [0.2, 0.25) is 0 Å². The summed E-state index contributed by atoms with van der Waals surface area (Å²) in [5.74, 6) is 0. The Hall–Kier alpha value is -0.900. The van der Waals surface area contributed by atoms with Crippen molar-refractivity contribution in [3.05, 3.63) is 34.9 Å². The van der Waals surface area contributed by atoms with Gasteiger partial charge < -0.3 is 5.32 Å². The molecule has 0 atom stereocenters. The third-order valence-corrected chi connectivity index (χ3v) is 4.50. The standard InChI is InChI=1S/C16H25N3/c1-13-3-4-15(14(2)9-13)10-18-11-16(12-18)19-7-5-17-6-8-19/h3-4,9,16-17H,5-8,10-12H2,1-2H3. The summed E-state index contributed by atoms with van der Waals surface area (Å²) in [6.45, 7) is 12.8. The first kappa shape index (κ1) is 13.1. The Morgan fingerprint density at radius 3 is 2.58 bits per heavy atom. The van der Waals surface area contributed by atoms with Gasteiger partial charge in [-0.05, 0) is 25.0 Å². The van der Waals surface area contributed by atoms with Gasteiger partial charge in [-0.2, -0.15) is 0 Å². The number of nitrogens with zero attached hydrogens (tertiary/aromatic N) is 2. The molecule has 1 aromatic carbocycles. The summed E-state index contributed by atoms with van der Waals surface area (Å²) in [6, 6.07) is 7.62. The summed E-state index contributed by atoms with van der Waals surface area (Å²) in [5.41, 5.74) is 4.29. The molecule has 19 heavy (non-hydrogen) atoms. The fourth-order valence-corrected chi connectivity index (χ4v) is 3.21. The second-order valence-corrected chi connectivity index (χ2v) is 6.06. The van der Waals surface area contributed by atoms with Crippen LogP contribution in [0.4, 0.5) is 0 Å². The highest BCUT2D eigenvalue weighted by Gasteiger charge is 2.32. The zero-order valence-corrected chi connectivity index (χ0v) is 12.2. The smallest absolute Gasteiger partial charge is 0.0351 e. The number of rotatable bonds is 3. The molecule has 0 aliphatic carbocycles. The summed E-state index contributed by atoms with van der Waals surface area (Å²) in [5, 5.41) is 3.43. The molecule has 2 fully saturated rings.